The van der Waals surface area contributed by atoms with Gasteiger partial charge < -0.3 is 15.4 Å². The summed E-state index contributed by atoms with van der Waals surface area (Å²) in [5.74, 6) is 0. The maximum absolute atomic E-state index is 11.9. The van der Waals surface area contributed by atoms with Crippen LogP contribution in [0.1, 0.15) is 12.8 Å². The molecule has 1 saturated heterocycles. The number of hydrogen-bond donors (Lipinski definition) is 1. The van der Waals surface area contributed by atoms with Crippen LogP contribution in [-0.4, -0.2) is 42.6 Å². The first kappa shape index (κ1) is 13.0. The molecule has 1 unspecified atom stereocenters. The zero-order valence-corrected chi connectivity index (χ0v) is 10.7. The number of hydrogen-bond acceptors (Lipinski definition) is 5. The predicted molar refractivity (Wildman–Crippen MR) is 69.8 cm³/mol. The molecule has 0 bridgehead atoms. The molecule has 6 heteroatoms. The smallest absolute Gasteiger partial charge is 0.268 e. The topological polar surface area (TPSA) is 73.4 Å². The summed E-state index contributed by atoms with van der Waals surface area (Å²) in [5.41, 5.74) is 6.62. The molecule has 1 aromatic rings. The van der Waals surface area contributed by atoms with Gasteiger partial charge in [0.05, 0.1) is 25.0 Å². The Morgan fingerprint density at radius 2 is 2.22 bits per heavy atom. The van der Waals surface area contributed by atoms with Crippen LogP contribution in [0.25, 0.3) is 0 Å². The number of methoxy groups -OCH3 is 1. The summed E-state index contributed by atoms with van der Waals surface area (Å²) in [6.45, 7) is 2.82. The first-order valence-electron chi connectivity index (χ1n) is 6.27. The van der Waals surface area contributed by atoms with Gasteiger partial charge in [-0.15, -0.1) is 0 Å². The first-order valence-corrected chi connectivity index (χ1v) is 6.27. The van der Waals surface area contributed by atoms with E-state index < -0.39 is 0 Å². The van der Waals surface area contributed by atoms with Crippen LogP contribution in [0.4, 0.5) is 5.69 Å². The third-order valence-corrected chi connectivity index (χ3v) is 3.11. The molecule has 0 aromatic carbocycles. The molecule has 2 rings (SSSR count). The van der Waals surface area contributed by atoms with Crippen LogP contribution >= 0.6 is 0 Å². The van der Waals surface area contributed by atoms with Crippen LogP contribution in [0, 0.1) is 0 Å². The molecule has 0 saturated carbocycles. The third-order valence-electron chi connectivity index (χ3n) is 3.11. The van der Waals surface area contributed by atoms with Crippen molar-refractivity contribution in [2.75, 3.05) is 31.7 Å². The average Bonchev–Trinajstić information content (AvgIpc) is 2.85. The Morgan fingerprint density at radius 3 is 2.83 bits per heavy atom. The van der Waals surface area contributed by atoms with Crippen LogP contribution in [0.5, 0.6) is 0 Å². The van der Waals surface area contributed by atoms with Crippen LogP contribution in [0.2, 0.25) is 0 Å². The number of nitrogens with two attached hydrogens (primary N) is 1. The third kappa shape index (κ3) is 3.08. The van der Waals surface area contributed by atoms with Crippen LogP contribution in [0.3, 0.4) is 0 Å². The Bertz CT molecular complexity index is 440. The fourth-order valence-corrected chi connectivity index (χ4v) is 2.20. The van der Waals surface area contributed by atoms with Gasteiger partial charge in [-0.3, -0.25) is 4.79 Å². The van der Waals surface area contributed by atoms with Gasteiger partial charge in [-0.05, 0) is 12.8 Å². The SMILES string of the molecule is COCC(N)Cn1ncc(N2CCCC2)cc1=O. The molecular formula is C12H20N4O2. The highest BCUT2D eigenvalue weighted by molar-refractivity contribution is 5.43. The fourth-order valence-electron chi connectivity index (χ4n) is 2.20. The van der Waals surface area contributed by atoms with Gasteiger partial charge in [0.25, 0.3) is 5.56 Å². The Morgan fingerprint density at radius 1 is 1.50 bits per heavy atom. The monoisotopic (exact) mass is 252 g/mol. The van der Waals surface area contributed by atoms with Gasteiger partial charge >= 0.3 is 0 Å². The lowest BCUT2D eigenvalue weighted by molar-refractivity contribution is 0.171. The van der Waals surface area contributed by atoms with Gasteiger partial charge in [-0.25, -0.2) is 4.68 Å². The highest BCUT2D eigenvalue weighted by Crippen LogP contribution is 2.16. The van der Waals surface area contributed by atoms with Crippen molar-refractivity contribution in [3.8, 4) is 0 Å². The van der Waals surface area contributed by atoms with E-state index in [0.29, 0.717) is 13.2 Å². The second-order valence-electron chi connectivity index (χ2n) is 4.64. The Balaban J connectivity index is 2.07. The molecule has 1 fully saturated rings. The summed E-state index contributed by atoms with van der Waals surface area (Å²) >= 11 is 0. The number of anilines is 1. The van der Waals surface area contributed by atoms with Gasteiger partial charge in [0.2, 0.25) is 0 Å². The second kappa shape index (κ2) is 5.97. The number of ether oxygens (including phenoxy) is 1. The van der Waals surface area contributed by atoms with E-state index in [4.69, 9.17) is 10.5 Å². The van der Waals surface area contributed by atoms with Crippen molar-refractivity contribution in [1.82, 2.24) is 9.78 Å². The van der Waals surface area contributed by atoms with E-state index in [1.165, 1.54) is 17.5 Å². The van der Waals surface area contributed by atoms with Crippen molar-refractivity contribution in [3.05, 3.63) is 22.6 Å². The molecule has 0 amide bonds. The number of aromatic nitrogens is 2. The van der Waals surface area contributed by atoms with Crippen molar-refractivity contribution >= 4 is 5.69 Å². The minimum absolute atomic E-state index is 0.106. The van der Waals surface area contributed by atoms with Crippen molar-refractivity contribution in [3.63, 3.8) is 0 Å². The molecule has 1 atom stereocenters. The standard InChI is InChI=1S/C12H20N4O2/c1-18-9-10(13)8-16-12(17)6-11(7-14-16)15-4-2-3-5-15/h6-7,10H,2-5,8-9,13H2,1H3. The molecule has 2 N–H and O–H groups in total. The van der Waals surface area contributed by atoms with Gasteiger partial charge in [-0.2, -0.15) is 5.10 Å². The summed E-state index contributed by atoms with van der Waals surface area (Å²) in [6.07, 6.45) is 4.11. The Kier molecular flexibility index (Phi) is 4.33. The zero-order chi connectivity index (χ0) is 13.0. The van der Waals surface area contributed by atoms with Gasteiger partial charge in [-0.1, -0.05) is 0 Å². The molecular weight excluding hydrogens is 232 g/mol. The summed E-state index contributed by atoms with van der Waals surface area (Å²) < 4.78 is 6.34. The highest BCUT2D eigenvalue weighted by atomic mass is 16.5. The average molecular weight is 252 g/mol. The molecule has 0 aliphatic carbocycles. The largest absolute Gasteiger partial charge is 0.383 e. The van der Waals surface area contributed by atoms with E-state index in [9.17, 15) is 4.79 Å². The lowest BCUT2D eigenvalue weighted by atomic mass is 10.3. The lowest BCUT2D eigenvalue weighted by Crippen LogP contribution is -2.36. The summed E-state index contributed by atoms with van der Waals surface area (Å²) in [5, 5.41) is 4.17. The molecule has 18 heavy (non-hydrogen) atoms. The predicted octanol–water partition coefficient (Wildman–Crippen LogP) is -0.183. The molecule has 100 valence electrons. The minimum Gasteiger partial charge on any atom is -0.383 e. The lowest BCUT2D eigenvalue weighted by Gasteiger charge is -2.17. The van der Waals surface area contributed by atoms with Gasteiger partial charge in [0.15, 0.2) is 0 Å². The van der Waals surface area contributed by atoms with Gasteiger partial charge in [0.1, 0.15) is 0 Å². The maximum Gasteiger partial charge on any atom is 0.268 e. The zero-order valence-electron chi connectivity index (χ0n) is 10.7. The second-order valence-corrected chi connectivity index (χ2v) is 4.64. The quantitative estimate of drug-likeness (QED) is 0.787. The molecule has 1 aromatic heterocycles. The van der Waals surface area contributed by atoms with Crippen molar-refractivity contribution in [1.29, 1.82) is 0 Å². The Hall–Kier alpha value is -1.40. The van der Waals surface area contributed by atoms with E-state index in [1.807, 2.05) is 0 Å². The van der Waals surface area contributed by atoms with Crippen molar-refractivity contribution < 1.29 is 4.74 Å². The highest BCUT2D eigenvalue weighted by Gasteiger charge is 2.14. The molecule has 0 radical (unpaired) electrons. The summed E-state index contributed by atoms with van der Waals surface area (Å²) in [4.78, 5) is 14.1. The van der Waals surface area contributed by atoms with Crippen LogP contribution in [0.15, 0.2) is 17.1 Å². The van der Waals surface area contributed by atoms with E-state index in [2.05, 4.69) is 10.00 Å². The normalized spacial score (nSPS) is 17.1. The maximum atomic E-state index is 11.9. The molecule has 1 aliphatic heterocycles. The number of rotatable bonds is 5. The van der Waals surface area contributed by atoms with Gasteiger partial charge in [0, 0.05) is 32.3 Å². The number of nitrogens with zero attached hydrogens (tertiary/aromatic N) is 3. The van der Waals surface area contributed by atoms with E-state index in [1.54, 1.807) is 19.4 Å². The summed E-state index contributed by atoms with van der Waals surface area (Å²) in [7, 11) is 1.59. The van der Waals surface area contributed by atoms with E-state index in [-0.39, 0.29) is 11.6 Å². The van der Waals surface area contributed by atoms with Crippen molar-refractivity contribution in [2.45, 2.75) is 25.4 Å². The molecule has 1 aliphatic rings. The van der Waals surface area contributed by atoms with Crippen LogP contribution in [-0.2, 0) is 11.3 Å². The Labute approximate surface area is 106 Å². The minimum atomic E-state index is -0.210. The van der Waals surface area contributed by atoms with E-state index in [0.717, 1.165) is 18.8 Å². The molecule has 0 spiro atoms. The molecule has 6 nitrogen and oxygen atoms in total. The van der Waals surface area contributed by atoms with Crippen LogP contribution < -0.4 is 16.2 Å². The van der Waals surface area contributed by atoms with Crippen molar-refractivity contribution in [2.24, 2.45) is 5.73 Å². The summed E-state index contributed by atoms with van der Waals surface area (Å²) in [6, 6.07) is 1.43. The first-order chi connectivity index (χ1) is 8.70. The molecule has 2 heterocycles. The van der Waals surface area contributed by atoms with E-state index >= 15 is 0 Å². The fraction of sp³-hybridized carbons (Fsp3) is 0.667.